The third kappa shape index (κ3) is 3.79. The van der Waals surface area contributed by atoms with Crippen molar-refractivity contribution in [1.29, 1.82) is 0 Å². The molecule has 2 spiro atoms. The molecule has 4 saturated heterocycles. The second-order valence-corrected chi connectivity index (χ2v) is 9.51. The largest absolute Gasteiger partial charge is 0.368 e. The predicted molar refractivity (Wildman–Crippen MR) is 122 cm³/mol. The number of likely N-dealkylation sites (N-methyl/N-ethyl adjacent to an activating group) is 1. The zero-order chi connectivity index (χ0) is 20.4. The summed E-state index contributed by atoms with van der Waals surface area (Å²) in [4.78, 5) is 15.8. The van der Waals surface area contributed by atoms with Gasteiger partial charge in [0.05, 0.1) is 29.3 Å². The van der Waals surface area contributed by atoms with Crippen molar-refractivity contribution in [2.24, 2.45) is 0 Å². The molecule has 1 N–H and O–H groups in total. The molecule has 160 valence electrons. The van der Waals surface area contributed by atoms with Crippen molar-refractivity contribution in [3.05, 3.63) is 49.1 Å². The SMILES string of the molecule is CN1CCCC12CN(c1cccnc1)C2.c1cncc(N2CCCC3(CCN3)C2)c1. The summed E-state index contributed by atoms with van der Waals surface area (Å²) in [5, 5.41) is 3.60. The van der Waals surface area contributed by atoms with E-state index in [2.05, 4.69) is 49.2 Å². The fourth-order valence-corrected chi connectivity index (χ4v) is 5.58. The molecule has 1 atom stereocenters. The van der Waals surface area contributed by atoms with Gasteiger partial charge in [-0.1, -0.05) is 0 Å². The van der Waals surface area contributed by atoms with Crippen LogP contribution in [0.5, 0.6) is 0 Å². The van der Waals surface area contributed by atoms with Crippen LogP contribution in [-0.2, 0) is 0 Å². The summed E-state index contributed by atoms with van der Waals surface area (Å²) < 4.78 is 0. The van der Waals surface area contributed by atoms with E-state index in [9.17, 15) is 0 Å². The Morgan fingerprint density at radius 2 is 1.50 bits per heavy atom. The minimum Gasteiger partial charge on any atom is -0.368 e. The van der Waals surface area contributed by atoms with Crippen molar-refractivity contribution in [3.63, 3.8) is 0 Å². The van der Waals surface area contributed by atoms with Gasteiger partial charge in [-0.2, -0.15) is 0 Å². The average molecular weight is 407 g/mol. The molecule has 30 heavy (non-hydrogen) atoms. The van der Waals surface area contributed by atoms with Gasteiger partial charge in [0.2, 0.25) is 0 Å². The summed E-state index contributed by atoms with van der Waals surface area (Å²) in [5.41, 5.74) is 3.44. The van der Waals surface area contributed by atoms with Crippen molar-refractivity contribution in [1.82, 2.24) is 20.2 Å². The number of hydrogen-bond donors (Lipinski definition) is 1. The molecule has 0 saturated carbocycles. The molecular weight excluding hydrogens is 372 g/mol. The second-order valence-electron chi connectivity index (χ2n) is 9.51. The van der Waals surface area contributed by atoms with Crippen LogP contribution in [0.2, 0.25) is 0 Å². The first kappa shape index (κ1) is 19.8. The standard InChI is InChI=1S/2C12H17N3/c1-14-7-3-5-12(14)9-15(10-12)11-4-2-6-13-8-11;1-3-11(9-13-6-1)15-8-2-4-12(10-15)5-7-14-12/h2,4,6,8H,3,5,7,9-10H2,1H3;1,3,6,9,14H,2,4-5,7-8,10H2. The molecule has 6 rings (SSSR count). The van der Waals surface area contributed by atoms with E-state index in [1.54, 1.807) is 0 Å². The third-order valence-electron chi connectivity index (χ3n) is 7.62. The first-order valence-electron chi connectivity index (χ1n) is 11.4. The molecule has 4 aliphatic heterocycles. The highest BCUT2D eigenvalue weighted by Crippen LogP contribution is 2.38. The second kappa shape index (κ2) is 8.16. The third-order valence-corrected chi connectivity index (χ3v) is 7.62. The van der Waals surface area contributed by atoms with Gasteiger partial charge in [0.15, 0.2) is 0 Å². The smallest absolute Gasteiger partial charge is 0.0557 e. The lowest BCUT2D eigenvalue weighted by molar-refractivity contribution is 0.133. The van der Waals surface area contributed by atoms with E-state index in [1.807, 2.05) is 36.9 Å². The number of likely N-dealkylation sites (tertiary alicyclic amines) is 1. The van der Waals surface area contributed by atoms with Crippen LogP contribution in [0.25, 0.3) is 0 Å². The molecule has 0 radical (unpaired) electrons. The van der Waals surface area contributed by atoms with E-state index in [0.29, 0.717) is 11.1 Å². The monoisotopic (exact) mass is 406 g/mol. The minimum atomic E-state index is 0.425. The van der Waals surface area contributed by atoms with Crippen LogP contribution in [0.1, 0.15) is 32.1 Å². The van der Waals surface area contributed by atoms with Crippen LogP contribution in [0.15, 0.2) is 49.1 Å². The van der Waals surface area contributed by atoms with Crippen molar-refractivity contribution >= 4 is 11.4 Å². The molecule has 6 heterocycles. The summed E-state index contributed by atoms with van der Waals surface area (Å²) in [6.45, 7) is 7.14. The number of aromatic nitrogens is 2. The van der Waals surface area contributed by atoms with Crippen molar-refractivity contribution in [2.45, 2.75) is 43.2 Å². The van der Waals surface area contributed by atoms with E-state index < -0.39 is 0 Å². The first-order valence-corrected chi connectivity index (χ1v) is 11.4. The quantitative estimate of drug-likeness (QED) is 0.828. The fraction of sp³-hybridized carbons (Fsp3) is 0.583. The van der Waals surface area contributed by atoms with Crippen molar-refractivity contribution in [2.75, 3.05) is 56.1 Å². The number of piperidine rings is 1. The highest BCUT2D eigenvalue weighted by atomic mass is 15.4. The molecule has 0 bridgehead atoms. The van der Waals surface area contributed by atoms with Gasteiger partial charge in [-0.3, -0.25) is 14.9 Å². The zero-order valence-corrected chi connectivity index (χ0v) is 18.1. The molecule has 2 aromatic rings. The molecule has 0 aliphatic carbocycles. The van der Waals surface area contributed by atoms with Crippen molar-refractivity contribution < 1.29 is 0 Å². The highest BCUT2D eigenvalue weighted by Gasteiger charge is 2.48. The lowest BCUT2D eigenvalue weighted by atomic mass is 9.80. The molecule has 6 nitrogen and oxygen atoms in total. The van der Waals surface area contributed by atoms with Gasteiger partial charge in [0.25, 0.3) is 0 Å². The van der Waals surface area contributed by atoms with Gasteiger partial charge in [0, 0.05) is 44.1 Å². The molecule has 0 amide bonds. The Labute approximate surface area is 180 Å². The van der Waals surface area contributed by atoms with Crippen LogP contribution in [0.3, 0.4) is 0 Å². The van der Waals surface area contributed by atoms with E-state index in [4.69, 9.17) is 0 Å². The number of nitrogens with zero attached hydrogens (tertiary/aromatic N) is 5. The number of rotatable bonds is 2. The fourth-order valence-electron chi connectivity index (χ4n) is 5.58. The summed E-state index contributed by atoms with van der Waals surface area (Å²) in [6.07, 6.45) is 14.3. The maximum Gasteiger partial charge on any atom is 0.0557 e. The Morgan fingerprint density at radius 3 is 2.03 bits per heavy atom. The van der Waals surface area contributed by atoms with Crippen LogP contribution in [0.4, 0.5) is 11.4 Å². The Balaban J connectivity index is 0.000000128. The Hall–Kier alpha value is -2.18. The molecule has 2 aromatic heterocycles. The molecular formula is C24H34N6. The van der Waals surface area contributed by atoms with Crippen molar-refractivity contribution in [3.8, 4) is 0 Å². The van der Waals surface area contributed by atoms with Gasteiger partial charge >= 0.3 is 0 Å². The highest BCUT2D eigenvalue weighted by molar-refractivity contribution is 5.49. The molecule has 1 unspecified atom stereocenters. The lowest BCUT2D eigenvalue weighted by Gasteiger charge is -2.53. The summed E-state index contributed by atoms with van der Waals surface area (Å²) in [5.74, 6) is 0. The average Bonchev–Trinajstić information content (AvgIpc) is 3.15. The van der Waals surface area contributed by atoms with Crippen LogP contribution in [0, 0.1) is 0 Å². The Bertz CT molecular complexity index is 816. The minimum absolute atomic E-state index is 0.425. The molecule has 4 aliphatic rings. The molecule has 4 fully saturated rings. The van der Waals surface area contributed by atoms with Gasteiger partial charge in [-0.15, -0.1) is 0 Å². The predicted octanol–water partition coefficient (Wildman–Crippen LogP) is 2.78. The van der Waals surface area contributed by atoms with Crippen LogP contribution in [-0.4, -0.2) is 72.3 Å². The topological polar surface area (TPSA) is 47.5 Å². The van der Waals surface area contributed by atoms with E-state index in [1.165, 1.54) is 76.2 Å². The number of nitrogens with one attached hydrogen (secondary N) is 1. The maximum atomic E-state index is 4.19. The Morgan fingerprint density at radius 1 is 0.833 bits per heavy atom. The number of anilines is 2. The van der Waals surface area contributed by atoms with Gasteiger partial charge in [-0.05, 0) is 76.5 Å². The van der Waals surface area contributed by atoms with Crippen LogP contribution >= 0.6 is 0 Å². The number of pyridine rings is 2. The molecule has 0 aromatic carbocycles. The molecule has 6 heteroatoms. The van der Waals surface area contributed by atoms with Crippen LogP contribution < -0.4 is 15.1 Å². The first-order chi connectivity index (χ1) is 14.7. The summed E-state index contributed by atoms with van der Waals surface area (Å²) in [7, 11) is 2.26. The Kier molecular flexibility index (Phi) is 5.37. The lowest BCUT2D eigenvalue weighted by Crippen LogP contribution is -2.67. The number of hydrogen-bond acceptors (Lipinski definition) is 6. The van der Waals surface area contributed by atoms with Gasteiger partial charge in [0.1, 0.15) is 0 Å². The van der Waals surface area contributed by atoms with E-state index >= 15 is 0 Å². The van der Waals surface area contributed by atoms with Gasteiger partial charge < -0.3 is 15.1 Å². The maximum absolute atomic E-state index is 4.19. The summed E-state index contributed by atoms with van der Waals surface area (Å²) >= 11 is 0. The van der Waals surface area contributed by atoms with E-state index in [0.717, 1.165) is 6.54 Å². The van der Waals surface area contributed by atoms with E-state index in [-0.39, 0.29) is 0 Å². The summed E-state index contributed by atoms with van der Waals surface area (Å²) in [6, 6.07) is 8.34. The normalized spacial score (nSPS) is 27.4. The zero-order valence-electron chi connectivity index (χ0n) is 18.1. The van der Waals surface area contributed by atoms with Gasteiger partial charge in [-0.25, -0.2) is 0 Å².